The molecule has 0 aliphatic rings. The van der Waals surface area contributed by atoms with Gasteiger partial charge in [0.25, 0.3) is 0 Å². The monoisotopic (exact) mass is 288 g/mol. The first-order chi connectivity index (χ1) is 10.8. The molecule has 4 rings (SSSR count). The van der Waals surface area contributed by atoms with E-state index in [0.717, 1.165) is 16.5 Å². The van der Waals surface area contributed by atoms with Crippen LogP contribution in [0.3, 0.4) is 0 Å². The van der Waals surface area contributed by atoms with Gasteiger partial charge in [-0.05, 0) is 34.5 Å². The lowest BCUT2D eigenvalue weighted by molar-refractivity contribution is 0.294. The summed E-state index contributed by atoms with van der Waals surface area (Å²) in [5.74, 6) is 0.686. The van der Waals surface area contributed by atoms with E-state index in [9.17, 15) is 0 Å². The number of hydrogen-bond acceptors (Lipinski definition) is 2. The molecule has 0 unspecified atom stereocenters. The Hall–Kier alpha value is -2.81. The smallest absolute Gasteiger partial charge is 0.241 e. The van der Waals surface area contributed by atoms with Crippen LogP contribution in [0.25, 0.3) is 21.7 Å². The zero-order valence-electron chi connectivity index (χ0n) is 12.4. The maximum Gasteiger partial charge on any atom is 0.241 e. The second-order valence-corrected chi connectivity index (χ2v) is 5.42. The Bertz CT molecular complexity index is 956. The van der Waals surface area contributed by atoms with Crippen molar-refractivity contribution in [3.05, 3.63) is 72.3 Å². The van der Waals surface area contributed by atoms with E-state index in [1.165, 1.54) is 10.8 Å². The number of fused-ring (bicyclic) bond motifs is 2. The number of para-hydroxylation sites is 1. The zero-order chi connectivity index (χ0) is 14.9. The number of aromatic nitrogens is 2. The van der Waals surface area contributed by atoms with E-state index in [0.29, 0.717) is 12.5 Å². The molecule has 0 spiro atoms. The molecule has 4 aromatic rings. The highest BCUT2D eigenvalue weighted by Crippen LogP contribution is 2.25. The van der Waals surface area contributed by atoms with Gasteiger partial charge in [-0.3, -0.25) is 4.68 Å². The molecule has 0 fully saturated rings. The topological polar surface area (TPSA) is 27.1 Å². The van der Waals surface area contributed by atoms with Gasteiger partial charge >= 0.3 is 0 Å². The quantitative estimate of drug-likeness (QED) is 0.562. The predicted molar refractivity (Wildman–Crippen MR) is 89.0 cm³/mol. The number of benzene rings is 3. The van der Waals surface area contributed by atoms with Crippen molar-refractivity contribution in [1.29, 1.82) is 0 Å². The lowest BCUT2D eigenvalue weighted by atomic mass is 10.1. The molecule has 0 atom stereocenters. The first kappa shape index (κ1) is 12.9. The molecule has 108 valence electrons. The van der Waals surface area contributed by atoms with Crippen molar-refractivity contribution in [1.82, 2.24) is 9.78 Å². The highest BCUT2D eigenvalue weighted by Gasteiger charge is 2.09. The molecule has 1 heterocycles. The second kappa shape index (κ2) is 5.19. The van der Waals surface area contributed by atoms with Crippen LogP contribution in [0, 0.1) is 0 Å². The minimum atomic E-state index is 0.520. The normalized spacial score (nSPS) is 11.1. The van der Waals surface area contributed by atoms with Crippen LogP contribution in [0.4, 0.5) is 0 Å². The number of ether oxygens (including phenoxy) is 1. The average Bonchev–Trinajstić information content (AvgIpc) is 2.89. The Morgan fingerprint density at radius 2 is 1.68 bits per heavy atom. The van der Waals surface area contributed by atoms with Crippen LogP contribution in [0.15, 0.2) is 66.7 Å². The Kier molecular flexibility index (Phi) is 3.04. The molecule has 0 aliphatic carbocycles. The van der Waals surface area contributed by atoms with Crippen molar-refractivity contribution < 1.29 is 4.74 Å². The molecule has 0 radical (unpaired) electrons. The second-order valence-electron chi connectivity index (χ2n) is 5.42. The first-order valence-electron chi connectivity index (χ1n) is 7.33. The van der Waals surface area contributed by atoms with E-state index >= 15 is 0 Å². The van der Waals surface area contributed by atoms with Crippen molar-refractivity contribution in [2.45, 2.75) is 6.61 Å². The molecule has 3 heteroatoms. The molecule has 3 aromatic carbocycles. The summed E-state index contributed by atoms with van der Waals surface area (Å²) in [7, 11) is 1.94. The van der Waals surface area contributed by atoms with Gasteiger partial charge in [-0.2, -0.15) is 0 Å². The molecule has 0 aliphatic heterocycles. The van der Waals surface area contributed by atoms with Crippen LogP contribution >= 0.6 is 0 Å². The van der Waals surface area contributed by atoms with E-state index in [1.54, 1.807) is 0 Å². The van der Waals surface area contributed by atoms with Crippen LogP contribution < -0.4 is 4.74 Å². The van der Waals surface area contributed by atoms with Crippen molar-refractivity contribution in [3.8, 4) is 5.88 Å². The summed E-state index contributed by atoms with van der Waals surface area (Å²) in [6.45, 7) is 0.520. The van der Waals surface area contributed by atoms with Gasteiger partial charge in [0.15, 0.2) is 0 Å². The highest BCUT2D eigenvalue weighted by atomic mass is 16.5. The van der Waals surface area contributed by atoms with Crippen LogP contribution in [-0.2, 0) is 13.7 Å². The predicted octanol–water partition coefficient (Wildman–Crippen LogP) is 4.31. The van der Waals surface area contributed by atoms with Gasteiger partial charge in [0.05, 0.1) is 10.9 Å². The standard InChI is InChI=1S/C19H16N2O/c1-21-18-9-5-4-8-17(18)19(20-21)22-13-14-10-11-15-6-2-3-7-16(15)12-14/h2-12H,13H2,1H3. The molecule has 1 aromatic heterocycles. The summed E-state index contributed by atoms with van der Waals surface area (Å²) in [5, 5.41) is 7.98. The Labute approximate surface area is 128 Å². The lowest BCUT2D eigenvalue weighted by Crippen LogP contribution is -1.97. The summed E-state index contributed by atoms with van der Waals surface area (Å²) in [6.07, 6.45) is 0. The van der Waals surface area contributed by atoms with Gasteiger partial charge in [0.2, 0.25) is 5.88 Å². The van der Waals surface area contributed by atoms with Gasteiger partial charge in [0, 0.05) is 7.05 Å². The summed E-state index contributed by atoms with van der Waals surface area (Å²) in [5.41, 5.74) is 2.23. The van der Waals surface area contributed by atoms with Crippen LogP contribution in [-0.4, -0.2) is 9.78 Å². The van der Waals surface area contributed by atoms with Gasteiger partial charge in [-0.1, -0.05) is 48.5 Å². The molecule has 3 nitrogen and oxygen atoms in total. The number of rotatable bonds is 3. The van der Waals surface area contributed by atoms with Crippen molar-refractivity contribution in [2.75, 3.05) is 0 Å². The Morgan fingerprint density at radius 1 is 0.909 bits per heavy atom. The van der Waals surface area contributed by atoms with Gasteiger partial charge < -0.3 is 4.74 Å². The molecule has 0 bridgehead atoms. The summed E-state index contributed by atoms with van der Waals surface area (Å²) >= 11 is 0. The third kappa shape index (κ3) is 2.21. The number of hydrogen-bond donors (Lipinski definition) is 0. The molecule has 0 N–H and O–H groups in total. The van der Waals surface area contributed by atoms with E-state index in [-0.39, 0.29) is 0 Å². The van der Waals surface area contributed by atoms with Crippen molar-refractivity contribution in [2.24, 2.45) is 7.05 Å². The van der Waals surface area contributed by atoms with Gasteiger partial charge in [0.1, 0.15) is 6.61 Å². The first-order valence-corrected chi connectivity index (χ1v) is 7.33. The molecule has 0 saturated carbocycles. The molecular weight excluding hydrogens is 272 g/mol. The molecule has 0 amide bonds. The third-order valence-corrected chi connectivity index (χ3v) is 3.91. The number of nitrogens with zero attached hydrogens (tertiary/aromatic N) is 2. The minimum absolute atomic E-state index is 0.520. The van der Waals surface area contributed by atoms with Crippen LogP contribution in [0.1, 0.15) is 5.56 Å². The largest absolute Gasteiger partial charge is 0.471 e. The zero-order valence-corrected chi connectivity index (χ0v) is 12.4. The van der Waals surface area contributed by atoms with E-state index in [1.807, 2.05) is 36.0 Å². The van der Waals surface area contributed by atoms with E-state index in [4.69, 9.17) is 4.74 Å². The maximum atomic E-state index is 5.94. The Morgan fingerprint density at radius 3 is 2.59 bits per heavy atom. The maximum absolute atomic E-state index is 5.94. The fourth-order valence-electron chi connectivity index (χ4n) is 2.77. The third-order valence-electron chi connectivity index (χ3n) is 3.91. The Balaban J connectivity index is 1.62. The molecular formula is C19H16N2O. The van der Waals surface area contributed by atoms with Crippen molar-refractivity contribution in [3.63, 3.8) is 0 Å². The van der Waals surface area contributed by atoms with E-state index in [2.05, 4.69) is 47.6 Å². The minimum Gasteiger partial charge on any atom is -0.471 e. The fraction of sp³-hybridized carbons (Fsp3) is 0.105. The SMILES string of the molecule is Cn1nc(OCc2ccc3ccccc3c2)c2ccccc21. The van der Waals surface area contributed by atoms with Crippen LogP contribution in [0.2, 0.25) is 0 Å². The average molecular weight is 288 g/mol. The number of aryl methyl sites for hydroxylation is 1. The van der Waals surface area contributed by atoms with Crippen LogP contribution in [0.5, 0.6) is 5.88 Å². The van der Waals surface area contributed by atoms with E-state index < -0.39 is 0 Å². The van der Waals surface area contributed by atoms with Gasteiger partial charge in [-0.15, -0.1) is 5.10 Å². The summed E-state index contributed by atoms with van der Waals surface area (Å²) < 4.78 is 7.80. The lowest BCUT2D eigenvalue weighted by Gasteiger charge is -2.05. The van der Waals surface area contributed by atoms with Gasteiger partial charge in [-0.25, -0.2) is 0 Å². The molecule has 0 saturated heterocycles. The highest BCUT2D eigenvalue weighted by molar-refractivity contribution is 5.84. The summed E-state index contributed by atoms with van der Waals surface area (Å²) in [6, 6.07) is 22.9. The molecule has 22 heavy (non-hydrogen) atoms. The fourth-order valence-corrected chi connectivity index (χ4v) is 2.77. The summed E-state index contributed by atoms with van der Waals surface area (Å²) in [4.78, 5) is 0. The van der Waals surface area contributed by atoms with Crippen molar-refractivity contribution >= 4 is 21.7 Å².